The van der Waals surface area contributed by atoms with E-state index >= 15 is 0 Å². The first kappa shape index (κ1) is 33.6. The maximum Gasteiger partial charge on any atom is 0.344 e. The molecular weight excluding hydrogens is 656 g/mol. The van der Waals surface area contributed by atoms with Crippen molar-refractivity contribution in [3.05, 3.63) is 107 Å². The van der Waals surface area contributed by atoms with Gasteiger partial charge in [-0.3, -0.25) is 0 Å². The molecule has 0 atom stereocenters. The van der Waals surface area contributed by atoms with Gasteiger partial charge in [-0.2, -0.15) is 0 Å². The van der Waals surface area contributed by atoms with Gasteiger partial charge in [0.1, 0.15) is 11.5 Å². The second-order valence-electron chi connectivity index (χ2n) is 11.7. The number of H-pyrrole nitrogens is 2. The molecule has 8 bridgehead atoms. The highest BCUT2D eigenvalue weighted by atomic mass is 16.6. The topological polar surface area (TPSA) is 128 Å². The van der Waals surface area contributed by atoms with Crippen molar-refractivity contribution in [1.82, 2.24) is 19.9 Å². The van der Waals surface area contributed by atoms with E-state index in [1.54, 1.807) is 13.8 Å². The fourth-order valence-electron chi connectivity index (χ4n) is 6.02. The van der Waals surface area contributed by atoms with Gasteiger partial charge < -0.3 is 28.9 Å². The summed E-state index contributed by atoms with van der Waals surface area (Å²) < 4.78 is 21.2. The predicted molar refractivity (Wildman–Crippen MR) is 202 cm³/mol. The Bertz CT molecular complexity index is 2370. The highest BCUT2D eigenvalue weighted by Gasteiger charge is 2.16. The molecule has 0 fully saturated rings. The summed E-state index contributed by atoms with van der Waals surface area (Å²) in [6.45, 7) is 3.75. The Labute approximate surface area is 299 Å². The minimum absolute atomic E-state index is 0.172. The fourth-order valence-corrected chi connectivity index (χ4v) is 6.02. The number of nitrogens with zero attached hydrogens (tertiary/aromatic N) is 2. The highest BCUT2D eigenvalue weighted by Crippen LogP contribution is 2.34. The molecule has 10 nitrogen and oxygen atoms in total. The van der Waals surface area contributed by atoms with Gasteiger partial charge in [-0.05, 0) is 104 Å². The standard InChI is InChI=1S/C42H34N4O6/c1-4-32-33-19-21-37(45-33)41(26-7-13-30(14-8-26)51-24-39(47)49-5-2)35-17-11-28(43-35)23-29-12-18-36(44-29)42(38-22-20-34(32)46-38)27-9-15-31(16-10-27)52-25-40(48)50-6-3/h1,7-23,43,46H,5-6,24-25H2,2-3H3. The number of aromatic amines is 2. The van der Waals surface area contributed by atoms with Crippen molar-refractivity contribution in [3.63, 3.8) is 0 Å². The number of terminal acetylenes is 1. The number of carbonyl (C=O) groups excluding carboxylic acids is 2. The van der Waals surface area contributed by atoms with E-state index in [1.165, 1.54) is 0 Å². The van der Waals surface area contributed by atoms with Gasteiger partial charge in [0.05, 0.1) is 47.1 Å². The Balaban J connectivity index is 1.36. The van der Waals surface area contributed by atoms with E-state index in [2.05, 4.69) is 15.9 Å². The summed E-state index contributed by atoms with van der Waals surface area (Å²) in [4.78, 5) is 40.7. The first-order chi connectivity index (χ1) is 25.4. The van der Waals surface area contributed by atoms with Gasteiger partial charge in [-0.25, -0.2) is 19.6 Å². The van der Waals surface area contributed by atoms with Crippen LogP contribution in [0.3, 0.4) is 0 Å². The van der Waals surface area contributed by atoms with Crippen molar-refractivity contribution in [2.75, 3.05) is 26.4 Å². The molecule has 5 heterocycles. The second-order valence-corrected chi connectivity index (χ2v) is 11.7. The van der Waals surface area contributed by atoms with Crippen LogP contribution in [0.2, 0.25) is 0 Å². The average molecular weight is 691 g/mol. The van der Waals surface area contributed by atoms with E-state index in [1.807, 2.05) is 103 Å². The number of hydrogen-bond donors (Lipinski definition) is 2. The van der Waals surface area contributed by atoms with E-state index in [-0.39, 0.29) is 13.2 Å². The summed E-state index contributed by atoms with van der Waals surface area (Å²) in [5, 5.41) is 0. The lowest BCUT2D eigenvalue weighted by molar-refractivity contribution is -0.146. The summed E-state index contributed by atoms with van der Waals surface area (Å²) in [5.41, 5.74) is 10.2. The molecule has 7 rings (SSSR count). The summed E-state index contributed by atoms with van der Waals surface area (Å²) in [7, 11) is 0. The van der Waals surface area contributed by atoms with Gasteiger partial charge in [0.25, 0.3) is 0 Å². The van der Waals surface area contributed by atoms with Crippen LogP contribution in [0, 0.1) is 12.3 Å². The van der Waals surface area contributed by atoms with Crippen LogP contribution in [0.4, 0.5) is 0 Å². The molecule has 0 radical (unpaired) electrons. The van der Waals surface area contributed by atoms with Crippen LogP contribution in [0.25, 0.3) is 68.6 Å². The Hall–Kier alpha value is -6.86. The van der Waals surface area contributed by atoms with Crippen molar-refractivity contribution in [2.45, 2.75) is 13.8 Å². The van der Waals surface area contributed by atoms with Crippen LogP contribution in [0.5, 0.6) is 11.5 Å². The molecular formula is C42H34N4O6. The number of benzene rings is 2. The van der Waals surface area contributed by atoms with Crippen molar-refractivity contribution in [1.29, 1.82) is 0 Å². The van der Waals surface area contributed by atoms with Crippen molar-refractivity contribution < 1.29 is 28.5 Å². The first-order valence-corrected chi connectivity index (χ1v) is 16.8. The summed E-state index contributed by atoms with van der Waals surface area (Å²) in [5.74, 6) is 3.09. The maximum absolute atomic E-state index is 11.8. The van der Waals surface area contributed by atoms with Gasteiger partial charge >= 0.3 is 11.9 Å². The minimum atomic E-state index is -0.425. The van der Waals surface area contributed by atoms with E-state index in [0.29, 0.717) is 36.0 Å². The van der Waals surface area contributed by atoms with Crippen molar-refractivity contribution >= 4 is 58.3 Å². The smallest absolute Gasteiger partial charge is 0.344 e. The van der Waals surface area contributed by atoms with E-state index in [4.69, 9.17) is 35.3 Å². The number of esters is 2. The number of nitrogens with one attached hydrogen (secondary N) is 2. The molecule has 2 aliphatic rings. The quantitative estimate of drug-likeness (QED) is 0.110. The number of hydrogen-bond acceptors (Lipinski definition) is 8. The van der Waals surface area contributed by atoms with E-state index in [0.717, 1.165) is 61.4 Å². The third-order valence-electron chi connectivity index (χ3n) is 8.33. The van der Waals surface area contributed by atoms with E-state index in [9.17, 15) is 9.59 Å². The van der Waals surface area contributed by atoms with E-state index < -0.39 is 11.9 Å². The molecule has 2 aliphatic heterocycles. The largest absolute Gasteiger partial charge is 0.482 e. The molecule has 0 unspecified atom stereocenters. The third-order valence-corrected chi connectivity index (χ3v) is 8.33. The fraction of sp³-hybridized carbons (Fsp3) is 0.143. The van der Waals surface area contributed by atoms with Gasteiger partial charge in [0.15, 0.2) is 13.2 Å². The molecule has 5 aromatic rings. The Morgan fingerprint density at radius 3 is 1.75 bits per heavy atom. The number of fused-ring (bicyclic) bond motifs is 8. The minimum Gasteiger partial charge on any atom is -0.482 e. The molecule has 2 N–H and O–H groups in total. The van der Waals surface area contributed by atoms with Gasteiger partial charge in [-0.15, -0.1) is 6.42 Å². The molecule has 0 amide bonds. The molecule has 0 saturated carbocycles. The number of carbonyl (C=O) groups is 2. The Kier molecular flexibility index (Phi) is 9.66. The van der Waals surface area contributed by atoms with Crippen LogP contribution in [-0.4, -0.2) is 58.3 Å². The zero-order chi connectivity index (χ0) is 36.0. The summed E-state index contributed by atoms with van der Waals surface area (Å²) in [6.07, 6.45) is 14.0. The highest BCUT2D eigenvalue weighted by molar-refractivity contribution is 5.94. The van der Waals surface area contributed by atoms with Gasteiger partial charge in [0, 0.05) is 27.7 Å². The van der Waals surface area contributed by atoms with Crippen LogP contribution in [-0.2, 0) is 19.1 Å². The maximum atomic E-state index is 11.8. The molecule has 258 valence electrons. The average Bonchev–Trinajstić information content (AvgIpc) is 3.99. The number of rotatable bonds is 10. The second kappa shape index (κ2) is 14.9. The molecule has 3 aromatic heterocycles. The van der Waals surface area contributed by atoms with Gasteiger partial charge in [0.2, 0.25) is 0 Å². The van der Waals surface area contributed by atoms with Crippen LogP contribution in [0.15, 0.2) is 78.9 Å². The normalized spacial score (nSPS) is 11.6. The van der Waals surface area contributed by atoms with Crippen LogP contribution in [0.1, 0.15) is 42.2 Å². The molecule has 0 spiro atoms. The summed E-state index contributed by atoms with van der Waals surface area (Å²) in [6, 6.07) is 24.9. The zero-order valence-electron chi connectivity index (χ0n) is 28.6. The zero-order valence-corrected chi connectivity index (χ0v) is 28.6. The molecule has 0 aliphatic carbocycles. The lowest BCUT2D eigenvalue weighted by Crippen LogP contribution is -2.14. The lowest BCUT2D eigenvalue weighted by atomic mass is 10.0. The van der Waals surface area contributed by atoms with Crippen LogP contribution >= 0.6 is 0 Å². The summed E-state index contributed by atoms with van der Waals surface area (Å²) >= 11 is 0. The van der Waals surface area contributed by atoms with Crippen LogP contribution < -0.4 is 9.47 Å². The van der Waals surface area contributed by atoms with Crippen molar-refractivity contribution in [3.8, 4) is 46.1 Å². The van der Waals surface area contributed by atoms with Crippen molar-refractivity contribution in [2.24, 2.45) is 0 Å². The monoisotopic (exact) mass is 690 g/mol. The lowest BCUT2D eigenvalue weighted by Gasteiger charge is -2.08. The number of ether oxygens (including phenoxy) is 4. The SMILES string of the molecule is C#Cc1c2nc(c(-c3ccc(OCC(=O)OCC)cc3)c3ccc(cc4nc(c(-c5ccc(OCC(=O)OCC)cc5)c5ccc1[nH]5)C=C4)[nH]3)C=C2. The molecule has 0 saturated heterocycles. The molecule has 2 aromatic carbocycles. The Morgan fingerprint density at radius 2 is 1.15 bits per heavy atom. The number of aromatic nitrogens is 4. The van der Waals surface area contributed by atoms with Gasteiger partial charge in [-0.1, -0.05) is 30.2 Å². The predicted octanol–water partition coefficient (Wildman–Crippen LogP) is 7.85. The molecule has 10 heteroatoms. The Morgan fingerprint density at radius 1 is 0.635 bits per heavy atom. The first-order valence-electron chi connectivity index (χ1n) is 16.8. The molecule has 52 heavy (non-hydrogen) atoms. The third kappa shape index (κ3) is 7.20.